The van der Waals surface area contributed by atoms with Crippen molar-refractivity contribution in [1.29, 1.82) is 0 Å². The Morgan fingerprint density at radius 2 is 1.82 bits per heavy atom. The van der Waals surface area contributed by atoms with Gasteiger partial charge in [-0.25, -0.2) is 4.98 Å². The molecule has 2 aromatic carbocycles. The van der Waals surface area contributed by atoms with Crippen LogP contribution in [0, 0.1) is 16.7 Å². The van der Waals surface area contributed by atoms with Crippen molar-refractivity contribution in [3.05, 3.63) is 77.4 Å². The number of fused-ring (bicyclic) bond motifs is 3. The van der Waals surface area contributed by atoms with Gasteiger partial charge in [-0.3, -0.25) is 9.69 Å². The lowest BCUT2D eigenvalue weighted by Gasteiger charge is -2.34. The lowest BCUT2D eigenvalue weighted by molar-refractivity contribution is -0.113. The van der Waals surface area contributed by atoms with Crippen LogP contribution in [0.4, 0.5) is 5.69 Å². The average molecular weight is 553 g/mol. The highest BCUT2D eigenvalue weighted by Crippen LogP contribution is 2.64. The average Bonchev–Trinajstić information content (AvgIpc) is 3.72. The Morgan fingerprint density at radius 3 is 2.56 bits per heavy atom. The van der Waals surface area contributed by atoms with Crippen molar-refractivity contribution in [2.45, 2.75) is 40.0 Å². The number of nitrogens with zero attached hydrogens (tertiary/aromatic N) is 4. The summed E-state index contributed by atoms with van der Waals surface area (Å²) in [4.78, 5) is 20.5. The molecule has 4 aromatic rings. The third kappa shape index (κ3) is 3.92. The lowest BCUT2D eigenvalue weighted by Crippen LogP contribution is -2.32. The summed E-state index contributed by atoms with van der Waals surface area (Å²) in [7, 11) is 0. The van der Waals surface area contributed by atoms with Crippen LogP contribution >= 0.6 is 23.1 Å². The summed E-state index contributed by atoms with van der Waals surface area (Å²) in [5.41, 5.74) is 3.14. The van der Waals surface area contributed by atoms with E-state index in [2.05, 4.69) is 26.8 Å². The fourth-order valence-electron chi connectivity index (χ4n) is 6.18. The van der Waals surface area contributed by atoms with Gasteiger partial charge in [0.15, 0.2) is 10.8 Å². The van der Waals surface area contributed by atoms with Gasteiger partial charge in [-0.2, -0.15) is 5.10 Å². The maximum Gasteiger partial charge on any atom is 0.271 e. The second-order valence-corrected chi connectivity index (χ2v) is 13.2. The highest BCUT2D eigenvalue weighted by molar-refractivity contribution is 8.19. The van der Waals surface area contributed by atoms with Gasteiger partial charge in [-0.1, -0.05) is 51.1 Å². The number of rotatable bonds is 4. The Balaban J connectivity index is 1.22. The van der Waals surface area contributed by atoms with Crippen LogP contribution in [0.2, 0.25) is 0 Å². The first-order chi connectivity index (χ1) is 18.8. The van der Waals surface area contributed by atoms with Crippen LogP contribution in [0.1, 0.15) is 45.8 Å². The second kappa shape index (κ2) is 9.03. The zero-order valence-corrected chi connectivity index (χ0v) is 23.7. The molecule has 3 aliphatic rings. The number of amides is 1. The summed E-state index contributed by atoms with van der Waals surface area (Å²) in [5.74, 6) is 1.79. The van der Waals surface area contributed by atoms with Gasteiger partial charge in [0, 0.05) is 17.2 Å². The van der Waals surface area contributed by atoms with E-state index in [0.717, 1.165) is 39.5 Å². The van der Waals surface area contributed by atoms with Crippen molar-refractivity contribution in [2.75, 3.05) is 4.90 Å². The largest absolute Gasteiger partial charge is 0.454 e. The normalized spacial score (nSPS) is 27.2. The van der Waals surface area contributed by atoms with Gasteiger partial charge in [-0.15, -0.1) is 16.4 Å². The number of carbonyl (C=O) groups is 1. The van der Waals surface area contributed by atoms with E-state index in [1.807, 2.05) is 60.7 Å². The highest BCUT2D eigenvalue weighted by Gasteiger charge is 2.60. The standard InChI is InChI=1S/C31H28N4O2S2/c1-30(2)19-15-16-31(30,3)26(17-19)33-34-29-35(20-9-5-4-6-10-20)28(36)25(39-29)18-21-13-14-23(37-21)27-32-22-11-7-8-12-24(22)38-27/h4-14,18-19H,15-17H2,1-3H3/b25-18-,33-26+,34-29+. The van der Waals surface area contributed by atoms with E-state index < -0.39 is 0 Å². The molecule has 2 aliphatic carbocycles. The Labute approximate surface area is 235 Å². The van der Waals surface area contributed by atoms with Crippen LogP contribution in [0.25, 0.3) is 27.1 Å². The predicted octanol–water partition coefficient (Wildman–Crippen LogP) is 8.24. The Morgan fingerprint density at radius 1 is 1.03 bits per heavy atom. The second-order valence-electron chi connectivity index (χ2n) is 11.2. The van der Waals surface area contributed by atoms with E-state index >= 15 is 0 Å². The molecule has 3 heterocycles. The van der Waals surface area contributed by atoms with E-state index in [1.54, 1.807) is 22.3 Å². The number of carbonyl (C=O) groups excluding carboxylic acids is 1. The van der Waals surface area contributed by atoms with Crippen molar-refractivity contribution < 1.29 is 9.21 Å². The first kappa shape index (κ1) is 24.5. The summed E-state index contributed by atoms with van der Waals surface area (Å²) in [6.07, 6.45) is 5.16. The number of benzene rings is 2. The van der Waals surface area contributed by atoms with Gasteiger partial charge >= 0.3 is 0 Å². The Hall–Kier alpha value is -3.49. The number of furan rings is 1. The number of thioether (sulfide) groups is 1. The molecule has 3 fully saturated rings. The zero-order chi connectivity index (χ0) is 26.8. The molecule has 196 valence electrons. The van der Waals surface area contributed by atoms with E-state index in [-0.39, 0.29) is 16.7 Å². The number of thiazole rings is 1. The number of aromatic nitrogens is 1. The molecule has 0 N–H and O–H groups in total. The van der Waals surface area contributed by atoms with E-state index in [9.17, 15) is 4.79 Å². The number of anilines is 1. The van der Waals surface area contributed by atoms with Gasteiger partial charge in [0.25, 0.3) is 5.91 Å². The minimum absolute atomic E-state index is 0.0520. The highest BCUT2D eigenvalue weighted by atomic mass is 32.2. The van der Waals surface area contributed by atoms with Crippen LogP contribution < -0.4 is 4.90 Å². The van der Waals surface area contributed by atoms with Crippen LogP contribution in [0.5, 0.6) is 0 Å². The molecule has 2 aromatic heterocycles. The molecule has 8 heteroatoms. The smallest absolute Gasteiger partial charge is 0.271 e. The molecule has 0 spiro atoms. The summed E-state index contributed by atoms with van der Waals surface area (Å²) in [6, 6.07) is 21.4. The maximum absolute atomic E-state index is 13.7. The SMILES string of the molecule is CC12CCC(C/C1=N\N=C1\S/C(=C\c3ccc(-c4nc5ccccc5s4)o3)C(=O)N1c1ccccc1)C2(C)C. The van der Waals surface area contributed by atoms with Crippen molar-refractivity contribution >= 4 is 61.9 Å². The van der Waals surface area contributed by atoms with Gasteiger partial charge in [0.05, 0.1) is 20.8 Å². The van der Waals surface area contributed by atoms with Gasteiger partial charge in [0.2, 0.25) is 5.17 Å². The fourth-order valence-corrected chi connectivity index (χ4v) is 8.02. The van der Waals surface area contributed by atoms with Crippen LogP contribution in [-0.2, 0) is 4.79 Å². The molecule has 1 amide bonds. The van der Waals surface area contributed by atoms with E-state index in [0.29, 0.717) is 27.5 Å². The molecule has 1 aliphatic heterocycles. The summed E-state index contributed by atoms with van der Waals surface area (Å²) >= 11 is 2.92. The first-order valence-corrected chi connectivity index (χ1v) is 14.9. The topological polar surface area (TPSA) is 71.1 Å². The van der Waals surface area contributed by atoms with Crippen molar-refractivity contribution in [3.8, 4) is 10.8 Å². The molecular weight excluding hydrogens is 525 g/mol. The third-order valence-electron chi connectivity index (χ3n) is 8.99. The van der Waals surface area contributed by atoms with Gasteiger partial charge < -0.3 is 4.42 Å². The molecule has 7 rings (SSSR count). The quantitative estimate of drug-likeness (QED) is 0.189. The number of hydrogen-bond acceptors (Lipinski definition) is 7. The number of para-hydroxylation sites is 2. The molecular formula is C31H28N4O2S2. The molecule has 39 heavy (non-hydrogen) atoms. The molecule has 0 radical (unpaired) electrons. The maximum atomic E-state index is 13.7. The minimum atomic E-state index is -0.137. The van der Waals surface area contributed by atoms with E-state index in [1.165, 1.54) is 18.2 Å². The predicted molar refractivity (Wildman–Crippen MR) is 161 cm³/mol. The Kier molecular flexibility index (Phi) is 5.68. The Bertz CT molecular complexity index is 1660. The van der Waals surface area contributed by atoms with Crippen LogP contribution in [0.15, 0.2) is 86.3 Å². The molecule has 2 unspecified atom stereocenters. The summed E-state index contributed by atoms with van der Waals surface area (Å²) in [6.45, 7) is 7.04. The first-order valence-electron chi connectivity index (χ1n) is 13.2. The van der Waals surface area contributed by atoms with Crippen LogP contribution in [-0.4, -0.2) is 21.8 Å². The van der Waals surface area contributed by atoms with Crippen molar-refractivity contribution in [2.24, 2.45) is 27.0 Å². The zero-order valence-electron chi connectivity index (χ0n) is 22.0. The number of amidine groups is 1. The van der Waals surface area contributed by atoms with Crippen molar-refractivity contribution in [1.82, 2.24) is 4.98 Å². The van der Waals surface area contributed by atoms with Crippen molar-refractivity contribution in [3.63, 3.8) is 0 Å². The monoisotopic (exact) mass is 552 g/mol. The van der Waals surface area contributed by atoms with E-state index in [4.69, 9.17) is 19.6 Å². The minimum Gasteiger partial charge on any atom is -0.454 e. The molecule has 2 bridgehead atoms. The molecule has 6 nitrogen and oxygen atoms in total. The summed E-state index contributed by atoms with van der Waals surface area (Å²) in [5, 5.41) is 10.9. The number of hydrogen-bond donors (Lipinski definition) is 0. The molecule has 1 saturated heterocycles. The van der Waals surface area contributed by atoms with Gasteiger partial charge in [0.1, 0.15) is 5.76 Å². The van der Waals surface area contributed by atoms with Gasteiger partial charge in [-0.05, 0) is 78.8 Å². The molecule has 2 atom stereocenters. The molecule has 2 saturated carbocycles. The fraction of sp³-hybridized carbons (Fsp3) is 0.290. The third-order valence-corrected chi connectivity index (χ3v) is 11.0. The summed E-state index contributed by atoms with van der Waals surface area (Å²) < 4.78 is 7.23. The lowest BCUT2D eigenvalue weighted by atomic mass is 9.70. The van der Waals surface area contributed by atoms with Crippen LogP contribution in [0.3, 0.4) is 0 Å².